The van der Waals surface area contributed by atoms with Crippen molar-refractivity contribution in [3.63, 3.8) is 0 Å². The van der Waals surface area contributed by atoms with Crippen LogP contribution in [0.2, 0.25) is 0 Å². The summed E-state index contributed by atoms with van der Waals surface area (Å²) in [5.41, 5.74) is -0.244. The maximum Gasteiger partial charge on any atom is 0.416 e. The Balaban J connectivity index is 2.76. The van der Waals surface area contributed by atoms with Gasteiger partial charge in [-0.1, -0.05) is 31.9 Å². The third kappa shape index (κ3) is 8.22. The van der Waals surface area contributed by atoms with Crippen LogP contribution in [0, 0.1) is 0 Å². The quantitative estimate of drug-likeness (QED) is 0.419. The second-order valence-corrected chi connectivity index (χ2v) is 6.14. The van der Waals surface area contributed by atoms with Gasteiger partial charge in [0.25, 0.3) is 0 Å². The Bertz CT molecular complexity index is 600. The number of nitrogens with one attached hydrogen (secondary N) is 2. The lowest BCUT2D eigenvalue weighted by Crippen LogP contribution is -2.43. The monoisotopic (exact) mass is 372 g/mol. The Labute approximate surface area is 152 Å². The van der Waals surface area contributed by atoms with Gasteiger partial charge in [0.2, 0.25) is 5.91 Å². The van der Waals surface area contributed by atoms with Crippen LogP contribution in [0.4, 0.5) is 13.2 Å². The summed E-state index contributed by atoms with van der Waals surface area (Å²) in [7, 11) is 3.30. The number of alkyl halides is 3. The minimum Gasteiger partial charge on any atom is -0.356 e. The summed E-state index contributed by atoms with van der Waals surface area (Å²) in [5, 5.41) is 6.03. The van der Waals surface area contributed by atoms with Crippen LogP contribution in [-0.2, 0) is 17.5 Å². The molecule has 26 heavy (non-hydrogen) atoms. The van der Waals surface area contributed by atoms with Crippen LogP contribution < -0.4 is 10.6 Å². The predicted octanol–water partition coefficient (Wildman–Crippen LogP) is 3.02. The fourth-order valence-electron chi connectivity index (χ4n) is 2.09. The summed E-state index contributed by atoms with van der Waals surface area (Å²) in [6.45, 7) is 2.92. The van der Waals surface area contributed by atoms with E-state index < -0.39 is 11.7 Å². The fourth-order valence-corrected chi connectivity index (χ4v) is 2.09. The fraction of sp³-hybridized carbons (Fsp3) is 0.556. The molecule has 2 N–H and O–H groups in total. The van der Waals surface area contributed by atoms with E-state index in [0.29, 0.717) is 18.1 Å². The summed E-state index contributed by atoms with van der Waals surface area (Å²) < 4.78 is 38.4. The zero-order chi connectivity index (χ0) is 19.6. The molecule has 0 aromatic heterocycles. The minimum absolute atomic E-state index is 0.0647. The van der Waals surface area contributed by atoms with E-state index in [-0.39, 0.29) is 19.0 Å². The van der Waals surface area contributed by atoms with E-state index in [9.17, 15) is 18.0 Å². The molecule has 1 rings (SSSR count). The van der Waals surface area contributed by atoms with Crippen LogP contribution in [-0.4, -0.2) is 44.0 Å². The van der Waals surface area contributed by atoms with E-state index in [1.54, 1.807) is 20.2 Å². The number of benzene rings is 1. The highest BCUT2D eigenvalue weighted by atomic mass is 19.4. The van der Waals surface area contributed by atoms with Crippen molar-refractivity contribution in [2.24, 2.45) is 4.99 Å². The smallest absolute Gasteiger partial charge is 0.356 e. The summed E-state index contributed by atoms with van der Waals surface area (Å²) >= 11 is 0. The largest absolute Gasteiger partial charge is 0.416 e. The molecule has 0 spiro atoms. The molecule has 146 valence electrons. The van der Waals surface area contributed by atoms with Crippen LogP contribution >= 0.6 is 0 Å². The van der Waals surface area contributed by atoms with Crippen molar-refractivity contribution < 1.29 is 18.0 Å². The van der Waals surface area contributed by atoms with Crippen molar-refractivity contribution in [3.05, 3.63) is 35.4 Å². The van der Waals surface area contributed by atoms with Crippen molar-refractivity contribution in [2.75, 3.05) is 27.2 Å². The lowest BCUT2D eigenvalue weighted by molar-refractivity contribution is -0.137. The van der Waals surface area contributed by atoms with Crippen LogP contribution in [0.1, 0.15) is 37.3 Å². The standard InChI is InChI=1S/C18H27F3N4O/c1-4-5-6-10-22-17(24-13-16(26)25(2)3)23-12-14-8-7-9-15(11-14)18(19,20)21/h7-9,11H,4-6,10,12-13H2,1-3H3,(H2,22,23,24). The molecule has 0 aliphatic rings. The highest BCUT2D eigenvalue weighted by Crippen LogP contribution is 2.29. The first-order valence-corrected chi connectivity index (χ1v) is 8.62. The highest BCUT2D eigenvalue weighted by molar-refractivity contribution is 5.86. The van der Waals surface area contributed by atoms with Crippen LogP contribution in [0.3, 0.4) is 0 Å². The molecule has 0 radical (unpaired) electrons. The number of guanidine groups is 1. The second kappa shape index (κ2) is 10.7. The first-order chi connectivity index (χ1) is 12.2. The minimum atomic E-state index is -4.38. The Morgan fingerprint density at radius 2 is 1.92 bits per heavy atom. The molecule has 1 amide bonds. The Kier molecular flexibility index (Phi) is 8.95. The topological polar surface area (TPSA) is 56.7 Å². The van der Waals surface area contributed by atoms with Gasteiger partial charge in [-0.15, -0.1) is 0 Å². The van der Waals surface area contributed by atoms with Gasteiger partial charge in [-0.3, -0.25) is 4.79 Å². The molecule has 0 aliphatic carbocycles. The molecule has 0 aliphatic heterocycles. The molecule has 8 heteroatoms. The van der Waals surface area contributed by atoms with Crippen molar-refractivity contribution in [3.8, 4) is 0 Å². The molecule has 0 saturated carbocycles. The summed E-state index contributed by atoms with van der Waals surface area (Å²) in [6, 6.07) is 5.08. The lowest BCUT2D eigenvalue weighted by Gasteiger charge is -2.15. The molecule has 1 aromatic rings. The number of halogens is 3. The summed E-state index contributed by atoms with van der Waals surface area (Å²) in [4.78, 5) is 17.5. The second-order valence-electron chi connectivity index (χ2n) is 6.14. The number of unbranched alkanes of at least 4 members (excludes halogenated alkanes) is 2. The maximum absolute atomic E-state index is 12.8. The first-order valence-electron chi connectivity index (χ1n) is 8.62. The number of carbonyl (C=O) groups is 1. The van der Waals surface area contributed by atoms with Crippen molar-refractivity contribution >= 4 is 11.9 Å². The van der Waals surface area contributed by atoms with Crippen molar-refractivity contribution in [1.29, 1.82) is 0 Å². The predicted molar refractivity (Wildman–Crippen MR) is 96.8 cm³/mol. The summed E-state index contributed by atoms with van der Waals surface area (Å²) in [6.07, 6.45) is -1.30. The van der Waals surface area contributed by atoms with Crippen LogP contribution in [0.5, 0.6) is 0 Å². The Morgan fingerprint density at radius 3 is 2.54 bits per heavy atom. The third-order valence-corrected chi connectivity index (χ3v) is 3.65. The molecule has 0 bridgehead atoms. The van der Waals surface area contributed by atoms with Gasteiger partial charge in [-0.05, 0) is 24.1 Å². The Morgan fingerprint density at radius 1 is 1.19 bits per heavy atom. The summed E-state index contributed by atoms with van der Waals surface area (Å²) in [5.74, 6) is 0.292. The van der Waals surface area contributed by atoms with E-state index >= 15 is 0 Å². The van der Waals surface area contributed by atoms with Gasteiger partial charge >= 0.3 is 6.18 Å². The lowest BCUT2D eigenvalue weighted by atomic mass is 10.1. The molecule has 0 saturated heterocycles. The van der Waals surface area contributed by atoms with Crippen molar-refractivity contribution in [2.45, 2.75) is 38.9 Å². The number of likely N-dealkylation sites (N-methyl/N-ethyl adjacent to an activating group) is 1. The highest BCUT2D eigenvalue weighted by Gasteiger charge is 2.30. The van der Waals surface area contributed by atoms with E-state index in [1.165, 1.54) is 11.0 Å². The van der Waals surface area contributed by atoms with Gasteiger partial charge < -0.3 is 15.5 Å². The number of rotatable bonds is 8. The van der Waals surface area contributed by atoms with Crippen LogP contribution in [0.25, 0.3) is 0 Å². The molecule has 0 unspecified atom stereocenters. The molecule has 0 heterocycles. The molecular weight excluding hydrogens is 345 g/mol. The molecule has 0 fully saturated rings. The van der Waals surface area contributed by atoms with E-state index in [0.717, 1.165) is 31.4 Å². The Hall–Kier alpha value is -2.25. The molecule has 1 aromatic carbocycles. The van der Waals surface area contributed by atoms with E-state index in [2.05, 4.69) is 22.5 Å². The average molecular weight is 372 g/mol. The zero-order valence-corrected chi connectivity index (χ0v) is 15.5. The van der Waals surface area contributed by atoms with Crippen molar-refractivity contribution in [1.82, 2.24) is 15.5 Å². The average Bonchev–Trinajstić information content (AvgIpc) is 2.59. The van der Waals surface area contributed by atoms with Gasteiger partial charge in [0.15, 0.2) is 5.96 Å². The van der Waals surface area contributed by atoms with Gasteiger partial charge in [0, 0.05) is 20.6 Å². The normalized spacial score (nSPS) is 12.0. The number of carbonyl (C=O) groups excluding carboxylic acids is 1. The SMILES string of the molecule is CCCCCNC(=NCc1cccc(C(F)(F)F)c1)NCC(=O)N(C)C. The maximum atomic E-state index is 12.8. The molecular formula is C18H27F3N4O. The number of nitrogens with zero attached hydrogens (tertiary/aromatic N) is 2. The third-order valence-electron chi connectivity index (χ3n) is 3.65. The van der Waals surface area contributed by atoms with E-state index in [4.69, 9.17) is 0 Å². The van der Waals surface area contributed by atoms with Crippen LogP contribution in [0.15, 0.2) is 29.3 Å². The molecule has 5 nitrogen and oxygen atoms in total. The van der Waals surface area contributed by atoms with Gasteiger partial charge in [-0.2, -0.15) is 13.2 Å². The number of hydrogen-bond acceptors (Lipinski definition) is 2. The first kappa shape index (κ1) is 21.8. The van der Waals surface area contributed by atoms with Gasteiger partial charge in [0.05, 0.1) is 18.7 Å². The van der Waals surface area contributed by atoms with Gasteiger partial charge in [-0.25, -0.2) is 4.99 Å². The number of hydrogen-bond donors (Lipinski definition) is 2. The molecule has 0 atom stereocenters. The number of aliphatic imine (C=N–C) groups is 1. The van der Waals surface area contributed by atoms with E-state index in [1.807, 2.05) is 0 Å². The number of amides is 1. The zero-order valence-electron chi connectivity index (χ0n) is 15.5. The van der Waals surface area contributed by atoms with Gasteiger partial charge in [0.1, 0.15) is 0 Å².